The molecule has 1 fully saturated rings. The minimum absolute atomic E-state index is 0.503. The first kappa shape index (κ1) is 9.81. The molecular formula is C11H14ClNO. The van der Waals surface area contributed by atoms with Gasteiger partial charge in [0.1, 0.15) is 5.75 Å². The fourth-order valence-corrected chi connectivity index (χ4v) is 1.82. The lowest BCUT2D eigenvalue weighted by Gasteiger charge is -2.10. The summed E-state index contributed by atoms with van der Waals surface area (Å²) in [6.45, 7) is 5.77. The van der Waals surface area contributed by atoms with Crippen LogP contribution in [0.25, 0.3) is 0 Å². The molecule has 14 heavy (non-hydrogen) atoms. The quantitative estimate of drug-likeness (QED) is 0.780. The molecule has 0 aromatic heterocycles. The van der Waals surface area contributed by atoms with Crippen LogP contribution in [-0.4, -0.2) is 13.2 Å². The van der Waals surface area contributed by atoms with Gasteiger partial charge < -0.3 is 10.1 Å². The Bertz CT molecular complexity index is 347. The smallest absolute Gasteiger partial charge is 0.138 e. The molecule has 2 rings (SSSR count). The molecule has 0 saturated carbocycles. The number of benzene rings is 1. The minimum atomic E-state index is 0.503. The van der Waals surface area contributed by atoms with Crippen molar-refractivity contribution in [2.45, 2.75) is 19.9 Å². The lowest BCUT2D eigenvalue weighted by molar-refractivity contribution is 0.340. The summed E-state index contributed by atoms with van der Waals surface area (Å²) < 4.78 is 5.42. The summed E-state index contributed by atoms with van der Waals surface area (Å²) in [6.07, 6.45) is 0. The third-order valence-corrected chi connectivity index (χ3v) is 2.70. The van der Waals surface area contributed by atoms with Gasteiger partial charge in [-0.15, -0.1) is 0 Å². The number of hydrogen-bond donors (Lipinski definition) is 1. The molecule has 1 aromatic carbocycles. The number of aryl methyl sites for hydroxylation is 1. The molecule has 1 heterocycles. The molecule has 1 aliphatic heterocycles. The number of ether oxygens (including phenoxy) is 1. The van der Waals surface area contributed by atoms with Crippen LogP contribution < -0.4 is 10.1 Å². The second-order valence-electron chi connectivity index (χ2n) is 3.53. The van der Waals surface area contributed by atoms with Crippen LogP contribution in [0.5, 0.6) is 5.75 Å². The molecule has 0 radical (unpaired) electrons. The Morgan fingerprint density at radius 3 is 2.86 bits per heavy atom. The van der Waals surface area contributed by atoms with Crippen molar-refractivity contribution >= 4 is 11.6 Å². The molecule has 1 aromatic rings. The highest BCUT2D eigenvalue weighted by Crippen LogP contribution is 2.33. The Kier molecular flexibility index (Phi) is 2.66. The molecule has 1 aliphatic rings. The predicted molar refractivity (Wildman–Crippen MR) is 58.1 cm³/mol. The summed E-state index contributed by atoms with van der Waals surface area (Å²) in [6, 6.07) is 4.52. The molecular weight excluding hydrogens is 198 g/mol. The maximum absolute atomic E-state index is 6.10. The van der Waals surface area contributed by atoms with Gasteiger partial charge in [-0.3, -0.25) is 0 Å². The molecule has 0 aliphatic carbocycles. The van der Waals surface area contributed by atoms with E-state index in [4.69, 9.17) is 16.3 Å². The fourth-order valence-electron chi connectivity index (χ4n) is 1.59. The van der Waals surface area contributed by atoms with Crippen molar-refractivity contribution in [1.82, 2.24) is 5.32 Å². The van der Waals surface area contributed by atoms with Gasteiger partial charge in [0.15, 0.2) is 0 Å². The van der Waals surface area contributed by atoms with Crippen LogP contribution in [0.4, 0.5) is 0 Å². The van der Waals surface area contributed by atoms with Crippen molar-refractivity contribution in [3.63, 3.8) is 0 Å². The predicted octanol–water partition coefficient (Wildman–Crippen LogP) is 2.69. The van der Waals surface area contributed by atoms with Gasteiger partial charge >= 0.3 is 0 Å². The Morgan fingerprint density at radius 1 is 1.57 bits per heavy atom. The van der Waals surface area contributed by atoms with Gasteiger partial charge in [0.05, 0.1) is 11.6 Å². The number of halogens is 1. The molecule has 1 atom stereocenters. The molecule has 76 valence electrons. The summed E-state index contributed by atoms with van der Waals surface area (Å²) in [5.41, 5.74) is 2.53. The lowest BCUT2D eigenvalue weighted by atomic mass is 10.1. The summed E-state index contributed by atoms with van der Waals surface area (Å²) in [4.78, 5) is 0. The molecule has 1 saturated heterocycles. The summed E-state index contributed by atoms with van der Waals surface area (Å²) in [7, 11) is 0. The normalized spacial score (nSPS) is 19.5. The van der Waals surface area contributed by atoms with Crippen LogP contribution in [0.2, 0.25) is 5.02 Å². The third kappa shape index (κ3) is 1.86. The lowest BCUT2D eigenvalue weighted by Crippen LogP contribution is -1.96. The molecule has 3 heteroatoms. The van der Waals surface area contributed by atoms with Gasteiger partial charge in [0.2, 0.25) is 0 Å². The first-order chi connectivity index (χ1) is 6.72. The highest BCUT2D eigenvalue weighted by atomic mass is 35.5. The van der Waals surface area contributed by atoms with Crippen LogP contribution in [0.3, 0.4) is 0 Å². The topological polar surface area (TPSA) is 31.2 Å². The first-order valence-corrected chi connectivity index (χ1v) is 5.26. The van der Waals surface area contributed by atoms with E-state index < -0.39 is 0 Å². The second-order valence-corrected chi connectivity index (χ2v) is 3.94. The highest BCUT2D eigenvalue weighted by molar-refractivity contribution is 6.32. The zero-order chi connectivity index (χ0) is 10.1. The Hall–Kier alpha value is -0.730. The van der Waals surface area contributed by atoms with Crippen molar-refractivity contribution in [2.75, 3.05) is 13.2 Å². The average Bonchev–Trinajstić information content (AvgIpc) is 2.94. The van der Waals surface area contributed by atoms with E-state index in [9.17, 15) is 0 Å². The third-order valence-electron chi connectivity index (χ3n) is 2.40. The van der Waals surface area contributed by atoms with Crippen LogP contribution in [0, 0.1) is 6.92 Å². The largest absolute Gasteiger partial charge is 0.492 e. The van der Waals surface area contributed by atoms with Gasteiger partial charge in [-0.1, -0.05) is 11.6 Å². The van der Waals surface area contributed by atoms with Crippen LogP contribution >= 0.6 is 11.6 Å². The van der Waals surface area contributed by atoms with Crippen molar-refractivity contribution in [3.8, 4) is 5.75 Å². The van der Waals surface area contributed by atoms with E-state index in [1.807, 2.05) is 19.1 Å². The number of rotatable bonds is 3. The van der Waals surface area contributed by atoms with Gasteiger partial charge in [-0.05, 0) is 37.1 Å². The van der Waals surface area contributed by atoms with Gasteiger partial charge in [0.25, 0.3) is 0 Å². The van der Waals surface area contributed by atoms with Crippen LogP contribution in [0.15, 0.2) is 12.1 Å². The Morgan fingerprint density at radius 2 is 2.29 bits per heavy atom. The summed E-state index contributed by atoms with van der Waals surface area (Å²) >= 11 is 6.10. The van der Waals surface area contributed by atoms with E-state index in [2.05, 4.69) is 12.2 Å². The van der Waals surface area contributed by atoms with Gasteiger partial charge in [-0.2, -0.15) is 0 Å². The molecule has 0 spiro atoms. The maximum Gasteiger partial charge on any atom is 0.138 e. The molecule has 1 N–H and O–H groups in total. The molecule has 0 bridgehead atoms. The van der Waals surface area contributed by atoms with Crippen LogP contribution in [0.1, 0.15) is 24.1 Å². The van der Waals surface area contributed by atoms with Gasteiger partial charge in [0, 0.05) is 12.6 Å². The van der Waals surface area contributed by atoms with Crippen LogP contribution in [-0.2, 0) is 0 Å². The van der Waals surface area contributed by atoms with E-state index in [-0.39, 0.29) is 0 Å². The minimum Gasteiger partial charge on any atom is -0.492 e. The summed E-state index contributed by atoms with van der Waals surface area (Å²) in [5, 5.41) is 3.98. The Labute approximate surface area is 89.2 Å². The number of hydrogen-bond acceptors (Lipinski definition) is 2. The monoisotopic (exact) mass is 211 g/mol. The molecule has 0 amide bonds. The summed E-state index contributed by atoms with van der Waals surface area (Å²) in [5.74, 6) is 0.788. The zero-order valence-corrected chi connectivity index (χ0v) is 9.19. The highest BCUT2D eigenvalue weighted by Gasteiger charge is 2.24. The van der Waals surface area contributed by atoms with Crippen molar-refractivity contribution in [3.05, 3.63) is 28.3 Å². The second kappa shape index (κ2) is 3.79. The molecule has 2 nitrogen and oxygen atoms in total. The zero-order valence-electron chi connectivity index (χ0n) is 8.43. The number of nitrogens with one attached hydrogen (secondary N) is 1. The maximum atomic E-state index is 6.10. The van der Waals surface area contributed by atoms with E-state index in [0.717, 1.165) is 12.3 Å². The van der Waals surface area contributed by atoms with Crippen molar-refractivity contribution < 1.29 is 4.74 Å². The SMILES string of the molecule is CCOc1cc(C)c(C2CN2)cc1Cl. The van der Waals surface area contributed by atoms with E-state index in [0.29, 0.717) is 17.7 Å². The molecule has 1 unspecified atom stereocenters. The van der Waals surface area contributed by atoms with E-state index in [1.54, 1.807) is 0 Å². The Balaban J connectivity index is 2.33. The fraction of sp³-hybridized carbons (Fsp3) is 0.455. The average molecular weight is 212 g/mol. The first-order valence-electron chi connectivity index (χ1n) is 4.88. The van der Waals surface area contributed by atoms with Crippen molar-refractivity contribution in [1.29, 1.82) is 0 Å². The van der Waals surface area contributed by atoms with Crippen molar-refractivity contribution in [2.24, 2.45) is 0 Å². The van der Waals surface area contributed by atoms with Gasteiger partial charge in [-0.25, -0.2) is 0 Å². The standard InChI is InChI=1S/C11H14ClNO/c1-3-14-11-4-7(2)8(5-9(11)12)10-6-13-10/h4-5,10,13H,3,6H2,1-2H3. The van der Waals surface area contributed by atoms with E-state index in [1.165, 1.54) is 11.1 Å². The van der Waals surface area contributed by atoms with E-state index >= 15 is 0 Å².